The lowest BCUT2D eigenvalue weighted by Gasteiger charge is -2.29. The van der Waals surface area contributed by atoms with E-state index in [0.717, 1.165) is 0 Å². The maximum Gasteiger partial charge on any atom is 0.338 e. The lowest BCUT2D eigenvalue weighted by Crippen LogP contribution is -2.46. The van der Waals surface area contributed by atoms with E-state index in [-0.39, 0.29) is 34.9 Å². The molecular weight excluding hydrogens is 370 g/mol. The second-order valence-corrected chi connectivity index (χ2v) is 5.75. The fourth-order valence-electron chi connectivity index (χ4n) is 2.96. The molecule has 28 heavy (non-hydrogen) atoms. The second kappa shape index (κ2) is 9.07. The smallest absolute Gasteiger partial charge is 0.338 e. The molecule has 0 fully saturated rings. The molecule has 1 aliphatic rings. The van der Waals surface area contributed by atoms with Crippen LogP contribution in [0.3, 0.4) is 0 Å². The summed E-state index contributed by atoms with van der Waals surface area (Å²) in [6.45, 7) is 5.58. The number of methoxy groups -OCH3 is 1. The number of carbonyl (C=O) groups excluding carboxylic acids is 2. The van der Waals surface area contributed by atoms with Crippen molar-refractivity contribution in [3.8, 4) is 11.5 Å². The Morgan fingerprint density at radius 1 is 1.21 bits per heavy atom. The minimum absolute atomic E-state index is 0.0955. The van der Waals surface area contributed by atoms with Crippen LogP contribution in [0.2, 0.25) is 0 Å². The Morgan fingerprint density at radius 3 is 2.46 bits per heavy atom. The van der Waals surface area contributed by atoms with Crippen molar-refractivity contribution in [2.24, 2.45) is 0 Å². The molecule has 2 N–H and O–H groups in total. The van der Waals surface area contributed by atoms with Crippen molar-refractivity contribution in [2.75, 3.05) is 20.3 Å². The van der Waals surface area contributed by atoms with Gasteiger partial charge >= 0.3 is 12.0 Å². The lowest BCUT2D eigenvalue weighted by atomic mass is 9.92. The van der Waals surface area contributed by atoms with Crippen molar-refractivity contribution in [1.29, 1.82) is 0 Å². The maximum absolute atomic E-state index is 12.6. The van der Waals surface area contributed by atoms with E-state index in [4.69, 9.17) is 14.2 Å². The van der Waals surface area contributed by atoms with Crippen LogP contribution in [0.5, 0.6) is 11.5 Å². The van der Waals surface area contributed by atoms with E-state index >= 15 is 0 Å². The monoisotopic (exact) mass is 393 g/mol. The Kier molecular flexibility index (Phi) is 6.80. The number of nitro benzene ring substituents is 1. The molecule has 0 spiro atoms. The van der Waals surface area contributed by atoms with Crippen LogP contribution < -0.4 is 20.1 Å². The summed E-state index contributed by atoms with van der Waals surface area (Å²) < 4.78 is 15.8. The molecule has 0 saturated carbocycles. The number of hydrogen-bond donors (Lipinski definition) is 2. The van der Waals surface area contributed by atoms with Gasteiger partial charge in [-0.05, 0) is 26.3 Å². The fraction of sp³-hybridized carbons (Fsp3) is 0.444. The van der Waals surface area contributed by atoms with Gasteiger partial charge in [0.2, 0.25) is 0 Å². The molecule has 10 heteroatoms. The predicted molar refractivity (Wildman–Crippen MR) is 99.2 cm³/mol. The second-order valence-electron chi connectivity index (χ2n) is 5.75. The lowest BCUT2D eigenvalue weighted by molar-refractivity contribution is -0.385. The van der Waals surface area contributed by atoms with Gasteiger partial charge in [-0.2, -0.15) is 0 Å². The van der Waals surface area contributed by atoms with E-state index in [9.17, 15) is 19.7 Å². The topological polar surface area (TPSA) is 129 Å². The highest BCUT2D eigenvalue weighted by molar-refractivity contribution is 5.95. The number of esters is 1. The number of nitrogens with one attached hydrogen (secondary N) is 2. The molecule has 1 heterocycles. The molecule has 1 aromatic rings. The first-order chi connectivity index (χ1) is 13.4. The number of carbonyl (C=O) groups is 2. The van der Waals surface area contributed by atoms with Gasteiger partial charge in [0.15, 0.2) is 11.5 Å². The Morgan fingerprint density at radius 2 is 1.93 bits per heavy atom. The highest BCUT2D eigenvalue weighted by Gasteiger charge is 2.37. The molecule has 0 aromatic heterocycles. The van der Waals surface area contributed by atoms with Gasteiger partial charge in [-0.3, -0.25) is 10.1 Å². The van der Waals surface area contributed by atoms with Crippen molar-refractivity contribution in [2.45, 2.75) is 33.2 Å². The Labute approximate surface area is 162 Å². The summed E-state index contributed by atoms with van der Waals surface area (Å²) in [6, 6.07) is 0.970. The summed E-state index contributed by atoms with van der Waals surface area (Å²) in [5, 5.41) is 16.8. The van der Waals surface area contributed by atoms with Gasteiger partial charge < -0.3 is 24.8 Å². The Balaban J connectivity index is 2.73. The third kappa shape index (κ3) is 4.16. The van der Waals surface area contributed by atoms with Crippen LogP contribution in [0.1, 0.15) is 38.8 Å². The Bertz CT molecular complexity index is 820. The van der Waals surface area contributed by atoms with Crippen LogP contribution in [0.15, 0.2) is 23.4 Å². The van der Waals surface area contributed by atoms with Crippen molar-refractivity contribution < 1.29 is 28.7 Å². The fourth-order valence-corrected chi connectivity index (χ4v) is 2.96. The largest absolute Gasteiger partial charge is 0.493 e. The van der Waals surface area contributed by atoms with Crippen LogP contribution in [0.25, 0.3) is 0 Å². The van der Waals surface area contributed by atoms with E-state index in [2.05, 4.69) is 10.6 Å². The van der Waals surface area contributed by atoms with Gasteiger partial charge in [-0.1, -0.05) is 6.92 Å². The van der Waals surface area contributed by atoms with E-state index in [1.807, 2.05) is 0 Å². The highest BCUT2D eigenvalue weighted by Crippen LogP contribution is 2.41. The highest BCUT2D eigenvalue weighted by atomic mass is 16.6. The van der Waals surface area contributed by atoms with Gasteiger partial charge in [0.25, 0.3) is 5.69 Å². The molecule has 1 aliphatic heterocycles. The molecule has 10 nitrogen and oxygen atoms in total. The van der Waals surface area contributed by atoms with Crippen LogP contribution in [0.4, 0.5) is 10.5 Å². The third-order valence-electron chi connectivity index (χ3n) is 4.12. The van der Waals surface area contributed by atoms with Gasteiger partial charge in [0, 0.05) is 5.70 Å². The van der Waals surface area contributed by atoms with Crippen molar-refractivity contribution in [3.63, 3.8) is 0 Å². The molecule has 1 unspecified atom stereocenters. The van der Waals surface area contributed by atoms with Crippen LogP contribution >= 0.6 is 0 Å². The van der Waals surface area contributed by atoms with Gasteiger partial charge in [-0.15, -0.1) is 0 Å². The summed E-state index contributed by atoms with van der Waals surface area (Å²) >= 11 is 0. The molecule has 1 atom stereocenters. The van der Waals surface area contributed by atoms with Crippen LogP contribution in [0, 0.1) is 10.1 Å². The minimum atomic E-state index is -1.08. The minimum Gasteiger partial charge on any atom is -0.493 e. The van der Waals surface area contributed by atoms with Crippen LogP contribution in [-0.2, 0) is 9.53 Å². The van der Waals surface area contributed by atoms with Crippen LogP contribution in [-0.4, -0.2) is 37.2 Å². The molecule has 0 bridgehead atoms. The van der Waals surface area contributed by atoms with E-state index in [0.29, 0.717) is 18.7 Å². The number of nitro groups is 1. The number of ether oxygens (including phenoxy) is 3. The normalized spacial score (nSPS) is 16.1. The number of nitrogens with zero attached hydrogens (tertiary/aromatic N) is 1. The van der Waals surface area contributed by atoms with Gasteiger partial charge in [0.1, 0.15) is 0 Å². The number of amides is 2. The van der Waals surface area contributed by atoms with E-state index < -0.39 is 23.0 Å². The van der Waals surface area contributed by atoms with Gasteiger partial charge in [-0.25, -0.2) is 9.59 Å². The molecule has 0 radical (unpaired) electrons. The zero-order valence-corrected chi connectivity index (χ0v) is 16.2. The summed E-state index contributed by atoms with van der Waals surface area (Å²) in [5.74, 6) is -0.227. The van der Waals surface area contributed by atoms with Crippen molar-refractivity contribution in [1.82, 2.24) is 10.6 Å². The summed E-state index contributed by atoms with van der Waals surface area (Å²) in [7, 11) is 1.37. The molecule has 2 amide bonds. The average molecular weight is 393 g/mol. The summed E-state index contributed by atoms with van der Waals surface area (Å²) in [4.78, 5) is 35.8. The number of urea groups is 1. The first-order valence-corrected chi connectivity index (χ1v) is 8.84. The van der Waals surface area contributed by atoms with E-state index in [1.54, 1.807) is 20.8 Å². The number of benzene rings is 1. The van der Waals surface area contributed by atoms with Crippen molar-refractivity contribution in [3.05, 3.63) is 39.1 Å². The first kappa shape index (κ1) is 21.0. The zero-order chi connectivity index (χ0) is 20.8. The first-order valence-electron chi connectivity index (χ1n) is 8.84. The van der Waals surface area contributed by atoms with E-state index in [1.165, 1.54) is 19.2 Å². The SMILES string of the molecule is CCOC(=O)C1=C(CC)NC(=O)NC1c1cc(OCC)c(OC)cc1[N+](=O)[O-]. The standard InChI is InChI=1S/C18H23N3O7/c1-5-11-15(17(22)28-7-3)16(20-18(23)19-11)10-8-14(27-6-2)13(26-4)9-12(10)21(24)25/h8-9,16H,5-7H2,1-4H3,(H2,19,20,23). The molecule has 1 aromatic carbocycles. The molecule has 2 rings (SSSR count). The molecule has 0 aliphatic carbocycles. The average Bonchev–Trinajstić information content (AvgIpc) is 2.67. The Hall–Kier alpha value is -3.30. The quantitative estimate of drug-likeness (QED) is 0.394. The maximum atomic E-state index is 12.6. The third-order valence-corrected chi connectivity index (χ3v) is 4.12. The molecular formula is C18H23N3O7. The zero-order valence-electron chi connectivity index (χ0n) is 16.2. The van der Waals surface area contributed by atoms with Crippen molar-refractivity contribution >= 4 is 17.7 Å². The number of hydrogen-bond acceptors (Lipinski definition) is 7. The number of rotatable bonds is 8. The molecule has 152 valence electrons. The summed E-state index contributed by atoms with van der Waals surface area (Å²) in [6.07, 6.45) is 0.334. The number of allylic oxidation sites excluding steroid dienone is 1. The summed E-state index contributed by atoms with van der Waals surface area (Å²) in [5.41, 5.74) is 0.234. The predicted octanol–water partition coefficient (Wildman–Crippen LogP) is 2.58. The molecule has 0 saturated heterocycles. The van der Waals surface area contributed by atoms with Gasteiger partial charge in [0.05, 0.1) is 48.5 Å².